The third kappa shape index (κ3) is 4.88. The first-order valence-electron chi connectivity index (χ1n) is 18.6. The highest BCUT2D eigenvalue weighted by Gasteiger charge is 2.17. The van der Waals surface area contributed by atoms with Crippen LogP contribution in [0.3, 0.4) is 0 Å². The lowest BCUT2D eigenvalue weighted by Crippen LogP contribution is -2.10. The summed E-state index contributed by atoms with van der Waals surface area (Å²) in [7, 11) is 0. The van der Waals surface area contributed by atoms with Crippen molar-refractivity contribution >= 4 is 82.0 Å². The lowest BCUT2D eigenvalue weighted by molar-refractivity contribution is 1.18. The van der Waals surface area contributed by atoms with Crippen LogP contribution in [0.15, 0.2) is 206 Å². The minimum atomic E-state index is 1.11. The van der Waals surface area contributed by atoms with Gasteiger partial charge in [-0.05, 0) is 121 Å². The minimum absolute atomic E-state index is 1.11. The largest absolute Gasteiger partial charge is 0.310 e. The Morgan fingerprint density at radius 1 is 0.278 bits per heavy atom. The maximum absolute atomic E-state index is 2.39. The van der Waals surface area contributed by atoms with Crippen molar-refractivity contribution in [3.63, 3.8) is 0 Å². The van der Waals surface area contributed by atoms with Crippen LogP contribution in [0, 0.1) is 0 Å². The molecular weight excluding hydrogens is 653 g/mol. The van der Waals surface area contributed by atoms with Crippen molar-refractivity contribution in [1.82, 2.24) is 4.57 Å². The van der Waals surface area contributed by atoms with Crippen molar-refractivity contribution in [3.8, 4) is 16.8 Å². The van der Waals surface area contributed by atoms with Gasteiger partial charge in [-0.25, -0.2) is 0 Å². The summed E-state index contributed by atoms with van der Waals surface area (Å²) < 4.78 is 2.37. The second-order valence-electron chi connectivity index (χ2n) is 14.2. The molecule has 0 radical (unpaired) electrons. The van der Waals surface area contributed by atoms with E-state index in [9.17, 15) is 0 Å². The maximum atomic E-state index is 2.39. The summed E-state index contributed by atoms with van der Waals surface area (Å²) in [6.45, 7) is 0. The predicted octanol–water partition coefficient (Wildman–Crippen LogP) is 14.5. The average molecular weight is 687 g/mol. The molecule has 0 saturated heterocycles. The van der Waals surface area contributed by atoms with Gasteiger partial charge in [-0.1, -0.05) is 140 Å². The van der Waals surface area contributed by atoms with E-state index in [1.54, 1.807) is 0 Å². The quantitative estimate of drug-likeness (QED) is 0.164. The van der Waals surface area contributed by atoms with E-state index in [4.69, 9.17) is 0 Å². The molecule has 252 valence electrons. The van der Waals surface area contributed by atoms with E-state index in [0.29, 0.717) is 0 Å². The zero-order valence-electron chi connectivity index (χ0n) is 29.5. The molecule has 0 aliphatic carbocycles. The first-order valence-corrected chi connectivity index (χ1v) is 18.6. The van der Waals surface area contributed by atoms with Crippen LogP contribution >= 0.6 is 0 Å². The number of nitrogens with zero attached hydrogens (tertiary/aromatic N) is 2. The van der Waals surface area contributed by atoms with E-state index in [1.165, 1.54) is 81.7 Å². The first kappa shape index (κ1) is 30.5. The molecule has 2 nitrogen and oxygen atoms in total. The molecule has 0 aliphatic heterocycles. The molecular formula is C52H34N2. The second kappa shape index (κ2) is 12.2. The Morgan fingerprint density at radius 2 is 0.759 bits per heavy atom. The van der Waals surface area contributed by atoms with Gasteiger partial charge in [-0.3, -0.25) is 0 Å². The highest BCUT2D eigenvalue weighted by molar-refractivity contribution is 6.12. The second-order valence-corrected chi connectivity index (χ2v) is 14.2. The molecule has 11 rings (SSSR count). The molecule has 2 heteroatoms. The standard InChI is InChI=1S/C52H34N2/c1-2-12-41(13-3-1)54-51-17-9-8-16-49(51)50-34-38(24-31-52(50)54)35-22-25-42(26-23-35)53(43-27-29-47-39(32-43)20-18-36-10-4-6-14-45(36)47)44-28-30-48-40(33-44)21-19-37-11-5-7-15-46(37)48/h1-34H. The lowest BCUT2D eigenvalue weighted by Gasteiger charge is -2.26. The molecule has 10 aromatic carbocycles. The summed E-state index contributed by atoms with van der Waals surface area (Å²) in [6, 6.07) is 75.3. The van der Waals surface area contributed by atoms with Crippen LogP contribution < -0.4 is 4.90 Å². The van der Waals surface area contributed by atoms with Crippen molar-refractivity contribution in [2.75, 3.05) is 4.90 Å². The van der Waals surface area contributed by atoms with Crippen molar-refractivity contribution in [2.45, 2.75) is 0 Å². The van der Waals surface area contributed by atoms with E-state index in [2.05, 4.69) is 216 Å². The van der Waals surface area contributed by atoms with Crippen LogP contribution in [0.25, 0.3) is 81.7 Å². The fraction of sp³-hybridized carbons (Fsp3) is 0. The van der Waals surface area contributed by atoms with Gasteiger partial charge >= 0.3 is 0 Å². The minimum Gasteiger partial charge on any atom is -0.310 e. The van der Waals surface area contributed by atoms with Crippen LogP contribution in [0.5, 0.6) is 0 Å². The van der Waals surface area contributed by atoms with Gasteiger partial charge in [0.1, 0.15) is 0 Å². The zero-order valence-corrected chi connectivity index (χ0v) is 29.5. The van der Waals surface area contributed by atoms with Gasteiger partial charge in [0.2, 0.25) is 0 Å². The van der Waals surface area contributed by atoms with Crippen LogP contribution in [-0.4, -0.2) is 4.57 Å². The predicted molar refractivity (Wildman–Crippen MR) is 231 cm³/mol. The van der Waals surface area contributed by atoms with Gasteiger partial charge < -0.3 is 9.47 Å². The summed E-state index contributed by atoms with van der Waals surface area (Å²) in [5, 5.41) is 12.6. The summed E-state index contributed by atoms with van der Waals surface area (Å²) in [6.07, 6.45) is 0. The highest BCUT2D eigenvalue weighted by Crippen LogP contribution is 2.41. The van der Waals surface area contributed by atoms with Crippen LogP contribution in [0.1, 0.15) is 0 Å². The third-order valence-corrected chi connectivity index (χ3v) is 11.1. The number of benzene rings is 10. The molecule has 0 saturated carbocycles. The summed E-state index contributed by atoms with van der Waals surface area (Å²) >= 11 is 0. The Balaban J connectivity index is 1.04. The first-order chi connectivity index (χ1) is 26.8. The molecule has 1 heterocycles. The molecule has 0 atom stereocenters. The van der Waals surface area contributed by atoms with E-state index < -0.39 is 0 Å². The number of hydrogen-bond acceptors (Lipinski definition) is 1. The fourth-order valence-corrected chi connectivity index (χ4v) is 8.54. The number of anilines is 3. The smallest absolute Gasteiger partial charge is 0.0541 e. The number of fused-ring (bicyclic) bond motifs is 9. The SMILES string of the molecule is c1ccc(-n2c3ccccc3c3cc(-c4ccc(N(c5ccc6c(ccc7ccccc76)c5)c5ccc6c(ccc7ccccc76)c5)cc4)ccc32)cc1. The Labute approximate surface area is 313 Å². The van der Waals surface area contributed by atoms with Gasteiger partial charge in [0, 0.05) is 33.5 Å². The average Bonchev–Trinajstić information content (AvgIpc) is 3.58. The number of rotatable bonds is 5. The van der Waals surface area contributed by atoms with Gasteiger partial charge in [0.25, 0.3) is 0 Å². The summed E-state index contributed by atoms with van der Waals surface area (Å²) in [5.74, 6) is 0. The molecule has 0 N–H and O–H groups in total. The summed E-state index contributed by atoms with van der Waals surface area (Å²) in [5.41, 5.74) is 9.35. The molecule has 0 spiro atoms. The van der Waals surface area contributed by atoms with E-state index >= 15 is 0 Å². The molecule has 0 bridgehead atoms. The van der Waals surface area contributed by atoms with Crippen molar-refractivity contribution in [3.05, 3.63) is 206 Å². The van der Waals surface area contributed by atoms with Crippen LogP contribution in [0.2, 0.25) is 0 Å². The zero-order chi connectivity index (χ0) is 35.6. The molecule has 11 aromatic rings. The molecule has 0 fully saturated rings. The van der Waals surface area contributed by atoms with E-state index in [1.807, 2.05) is 0 Å². The number of para-hydroxylation sites is 2. The maximum Gasteiger partial charge on any atom is 0.0541 e. The Hall–Kier alpha value is -7.16. The Kier molecular flexibility index (Phi) is 6.90. The molecule has 1 aromatic heterocycles. The molecule has 0 amide bonds. The molecule has 54 heavy (non-hydrogen) atoms. The van der Waals surface area contributed by atoms with Gasteiger partial charge in [0.05, 0.1) is 11.0 Å². The lowest BCUT2D eigenvalue weighted by atomic mass is 9.99. The monoisotopic (exact) mass is 686 g/mol. The van der Waals surface area contributed by atoms with Crippen molar-refractivity contribution < 1.29 is 0 Å². The highest BCUT2D eigenvalue weighted by atomic mass is 15.1. The van der Waals surface area contributed by atoms with Gasteiger partial charge in [-0.2, -0.15) is 0 Å². The number of hydrogen-bond donors (Lipinski definition) is 0. The molecule has 0 aliphatic rings. The Bertz CT molecular complexity index is 3090. The van der Waals surface area contributed by atoms with Gasteiger partial charge in [-0.15, -0.1) is 0 Å². The topological polar surface area (TPSA) is 8.17 Å². The van der Waals surface area contributed by atoms with Crippen LogP contribution in [0.4, 0.5) is 17.1 Å². The van der Waals surface area contributed by atoms with Crippen molar-refractivity contribution in [2.24, 2.45) is 0 Å². The molecule has 0 unspecified atom stereocenters. The normalized spacial score (nSPS) is 11.7. The summed E-state index contributed by atoms with van der Waals surface area (Å²) in [4.78, 5) is 2.39. The van der Waals surface area contributed by atoms with Gasteiger partial charge in [0.15, 0.2) is 0 Å². The van der Waals surface area contributed by atoms with Crippen LogP contribution in [-0.2, 0) is 0 Å². The van der Waals surface area contributed by atoms with E-state index in [-0.39, 0.29) is 0 Å². The van der Waals surface area contributed by atoms with E-state index in [0.717, 1.165) is 17.1 Å². The third-order valence-electron chi connectivity index (χ3n) is 11.1. The Morgan fingerprint density at radius 3 is 1.41 bits per heavy atom. The number of aromatic nitrogens is 1. The van der Waals surface area contributed by atoms with Crippen molar-refractivity contribution in [1.29, 1.82) is 0 Å². The fourth-order valence-electron chi connectivity index (χ4n) is 8.54.